The lowest BCUT2D eigenvalue weighted by molar-refractivity contribution is 0.953. The maximum Gasteiger partial charge on any atom is 0.238 e. The molecule has 0 unspecified atom stereocenters. The lowest BCUT2D eigenvalue weighted by Gasteiger charge is -2.16. The van der Waals surface area contributed by atoms with Crippen LogP contribution in [0.5, 0.6) is 0 Å². The molecule has 8 heterocycles. The number of hydrogen-bond donors (Lipinski definition) is 0. The Hall–Kier alpha value is -18.5. The Morgan fingerprint density at radius 1 is 0.140 bits per heavy atom. The van der Waals surface area contributed by atoms with Crippen LogP contribution in [0.3, 0.4) is 0 Å². The lowest BCUT2D eigenvalue weighted by Crippen LogP contribution is -2.06. The van der Waals surface area contributed by atoms with E-state index in [0.717, 1.165) is 198 Å². The molecule has 8 aromatic heterocycles. The molecular formula is C124H74N12. The van der Waals surface area contributed by atoms with E-state index < -0.39 is 0 Å². The topological polar surface area (TPSA) is 107 Å². The average molecular weight is 1730 g/mol. The summed E-state index contributed by atoms with van der Waals surface area (Å²) >= 11 is 0. The maximum atomic E-state index is 5.62. The van der Waals surface area contributed by atoms with E-state index in [-0.39, 0.29) is 0 Å². The summed E-state index contributed by atoms with van der Waals surface area (Å²) in [4.78, 5) is 32.9. The van der Waals surface area contributed by atoms with E-state index in [1.807, 2.05) is 0 Å². The van der Waals surface area contributed by atoms with Crippen LogP contribution in [0.4, 0.5) is 0 Å². The first-order chi connectivity index (χ1) is 67.4. The molecule has 29 aromatic rings. The normalized spacial score (nSPS) is 12.1. The van der Waals surface area contributed by atoms with Crippen LogP contribution < -0.4 is 0 Å². The van der Waals surface area contributed by atoms with Crippen molar-refractivity contribution < 1.29 is 0 Å². The van der Waals surface area contributed by atoms with E-state index in [4.69, 9.17) is 29.9 Å². The van der Waals surface area contributed by atoms with E-state index >= 15 is 0 Å². The van der Waals surface area contributed by atoms with Gasteiger partial charge >= 0.3 is 0 Å². The minimum Gasteiger partial charge on any atom is -0.309 e. The Balaban J connectivity index is 0.557. The summed E-state index contributed by atoms with van der Waals surface area (Å²) in [6.07, 6.45) is 0. The van der Waals surface area contributed by atoms with Crippen LogP contribution >= 0.6 is 0 Å². The molecule has 29 rings (SSSR count). The molecule has 0 bridgehead atoms. The van der Waals surface area contributed by atoms with Gasteiger partial charge in [0.15, 0.2) is 23.3 Å². The van der Waals surface area contributed by atoms with Crippen molar-refractivity contribution in [3.63, 3.8) is 0 Å². The Morgan fingerprint density at radius 3 is 0.816 bits per heavy atom. The predicted octanol–water partition coefficient (Wildman–Crippen LogP) is 31.3. The molecule has 12 nitrogen and oxygen atoms in total. The van der Waals surface area contributed by atoms with Crippen molar-refractivity contribution >= 4 is 174 Å². The quantitative estimate of drug-likeness (QED) is 0.121. The number of hydrogen-bond acceptors (Lipinski definition) is 6. The summed E-state index contributed by atoms with van der Waals surface area (Å²) in [5, 5.41) is 22.8. The molecule has 21 aromatic carbocycles. The first kappa shape index (κ1) is 75.3. The van der Waals surface area contributed by atoms with Gasteiger partial charge in [0.2, 0.25) is 11.9 Å². The zero-order chi connectivity index (χ0) is 88.9. The number of fused-ring (bicyclic) bond motifs is 24. The van der Waals surface area contributed by atoms with Crippen LogP contribution in [-0.4, -0.2) is 57.3 Å². The third-order valence-corrected chi connectivity index (χ3v) is 28.2. The molecule has 0 saturated heterocycles. The number of para-hydroxylation sites is 7. The SMILES string of the molecule is c1ccc(-c2cc(-n3c4ccccc4c4c5c6ccccc6n(-c6cccc7c6c6ccccc6n7-c6nc(-c7ccc8ccccc8c7)nc(-c7ccc8ccccc8c7)n6)c5ccc43)ccc2-c2ccc3cc(-c4nc(-c5ccc6ccccc6c5)nc(-n5c6ccccc6c6c(-n7c8ccccc8c8c9c%10ccccc%10n(-c%10ccccc%10)c9ccc87)cccc65)n4)ccc3c2)cc1. The van der Waals surface area contributed by atoms with Crippen LogP contribution in [-0.2, 0) is 0 Å². The van der Waals surface area contributed by atoms with Gasteiger partial charge in [-0.25, -0.2) is 9.97 Å². The standard InChI is InChI=1S/C124H74N12/c1-3-30-78(31-4-1)98-74-90(132-100-44-20-16-40-95(100)116-110(132)66-68-112-118(116)97-42-18-22-46-102(97)134(112)106-50-26-51-107-114(106)92-37-13-23-47-103(92)135(107)123-127-119(85-59-53-75-27-7-10-32-79(75)70-85)125-120(128-123)86-60-54-76-28-8-11-33-80(76)71-86)63-64-91(98)84-58-56-83-73-88(62-57-82(83)69-84)122-126-121(87-61-55-77-29-9-12-34-81(77)72-87)129-124(130-122)136-104-48-24-14-38-93(104)113-105(49-25-52-108(113)136)133-101-45-21-17-41-96(101)117-111(133)67-65-109-115(117)94-39-15-19-43-99(94)131(109)89-35-5-2-6-36-89/h1-74H. The van der Waals surface area contributed by atoms with E-state index in [0.29, 0.717) is 35.2 Å². The van der Waals surface area contributed by atoms with E-state index in [1.54, 1.807) is 0 Å². The molecule has 136 heavy (non-hydrogen) atoms. The van der Waals surface area contributed by atoms with Gasteiger partial charge in [0.1, 0.15) is 0 Å². The molecule has 0 aliphatic carbocycles. The van der Waals surface area contributed by atoms with Crippen molar-refractivity contribution in [2.24, 2.45) is 0 Å². The number of benzene rings is 21. The van der Waals surface area contributed by atoms with Crippen molar-refractivity contribution in [1.82, 2.24) is 57.3 Å². The summed E-state index contributed by atoms with van der Waals surface area (Å²) < 4.78 is 14.3. The van der Waals surface area contributed by atoms with Crippen LogP contribution in [0, 0.1) is 0 Å². The minimum atomic E-state index is 0.521. The fourth-order valence-electron chi connectivity index (χ4n) is 22.3. The van der Waals surface area contributed by atoms with Crippen molar-refractivity contribution in [3.05, 3.63) is 449 Å². The molecule has 0 aliphatic rings. The number of nitrogens with zero attached hydrogens (tertiary/aromatic N) is 12. The molecule has 0 radical (unpaired) electrons. The number of rotatable bonds is 12. The largest absolute Gasteiger partial charge is 0.309 e. The molecule has 12 heteroatoms. The molecule has 0 atom stereocenters. The van der Waals surface area contributed by atoms with Gasteiger partial charge in [-0.05, 0) is 205 Å². The highest BCUT2D eigenvalue weighted by atomic mass is 15.2. The van der Waals surface area contributed by atoms with Gasteiger partial charge in [0, 0.05) is 98.3 Å². The van der Waals surface area contributed by atoms with Crippen molar-refractivity contribution in [2.75, 3.05) is 0 Å². The second-order valence-electron chi connectivity index (χ2n) is 35.6. The molecule has 0 aliphatic heterocycles. The number of aromatic nitrogens is 12. The van der Waals surface area contributed by atoms with Crippen LogP contribution in [0.25, 0.3) is 276 Å². The minimum absolute atomic E-state index is 0.521. The Morgan fingerprint density at radius 2 is 0.419 bits per heavy atom. The van der Waals surface area contributed by atoms with Gasteiger partial charge in [-0.15, -0.1) is 0 Å². The fraction of sp³-hybridized carbons (Fsp3) is 0. The van der Waals surface area contributed by atoms with Crippen molar-refractivity contribution in [3.8, 4) is 102 Å². The van der Waals surface area contributed by atoms with Crippen LogP contribution in [0.2, 0.25) is 0 Å². The van der Waals surface area contributed by atoms with E-state index in [1.165, 1.54) is 43.2 Å². The Labute approximate surface area is 777 Å². The van der Waals surface area contributed by atoms with Crippen molar-refractivity contribution in [1.29, 1.82) is 0 Å². The maximum absolute atomic E-state index is 5.62. The first-order valence-electron chi connectivity index (χ1n) is 46.2. The Kier molecular flexibility index (Phi) is 16.3. The van der Waals surface area contributed by atoms with E-state index in [9.17, 15) is 0 Å². The summed E-state index contributed by atoms with van der Waals surface area (Å²) in [6.45, 7) is 0. The molecule has 0 N–H and O–H groups in total. The lowest BCUT2D eigenvalue weighted by atomic mass is 9.92. The third kappa shape index (κ3) is 11.4. The highest BCUT2D eigenvalue weighted by Gasteiger charge is 2.30. The summed E-state index contributed by atoms with van der Waals surface area (Å²) in [7, 11) is 0. The van der Waals surface area contributed by atoms with E-state index in [2.05, 4.69) is 476 Å². The van der Waals surface area contributed by atoms with Gasteiger partial charge < -0.3 is 18.3 Å². The molecule has 0 spiro atoms. The summed E-state index contributed by atoms with van der Waals surface area (Å²) in [6, 6.07) is 163. The molecular weight excluding hydrogens is 1660 g/mol. The Bertz CT molecular complexity index is 10100. The predicted molar refractivity (Wildman–Crippen MR) is 562 cm³/mol. The summed E-state index contributed by atoms with van der Waals surface area (Å²) in [5.41, 5.74) is 25.3. The fourth-order valence-corrected chi connectivity index (χ4v) is 22.3. The molecule has 630 valence electrons. The average Bonchev–Trinajstić information content (AvgIpc) is 1.54. The zero-order valence-electron chi connectivity index (χ0n) is 73.1. The second kappa shape index (κ2) is 29.5. The second-order valence-corrected chi connectivity index (χ2v) is 35.6. The van der Waals surface area contributed by atoms with Crippen LogP contribution in [0.1, 0.15) is 0 Å². The smallest absolute Gasteiger partial charge is 0.238 e. The van der Waals surface area contributed by atoms with Gasteiger partial charge in [-0.2, -0.15) is 19.9 Å². The third-order valence-electron chi connectivity index (χ3n) is 28.2. The summed E-state index contributed by atoms with van der Waals surface area (Å²) in [5.74, 6) is 3.39. The van der Waals surface area contributed by atoms with Gasteiger partial charge in [-0.3, -0.25) is 9.13 Å². The molecule has 0 saturated carbocycles. The highest BCUT2D eigenvalue weighted by Crippen LogP contribution is 2.50. The highest BCUT2D eigenvalue weighted by molar-refractivity contribution is 6.32. The van der Waals surface area contributed by atoms with Crippen LogP contribution in [0.15, 0.2) is 449 Å². The van der Waals surface area contributed by atoms with Gasteiger partial charge in [-0.1, -0.05) is 309 Å². The molecule has 0 amide bonds. The zero-order valence-corrected chi connectivity index (χ0v) is 73.1. The van der Waals surface area contributed by atoms with Crippen molar-refractivity contribution in [2.45, 2.75) is 0 Å². The van der Waals surface area contributed by atoms with Gasteiger partial charge in [0.25, 0.3) is 0 Å². The molecule has 0 fully saturated rings. The first-order valence-corrected chi connectivity index (χ1v) is 46.2. The monoisotopic (exact) mass is 1730 g/mol. The van der Waals surface area contributed by atoms with Gasteiger partial charge in [0.05, 0.1) is 77.6 Å².